The first-order chi connectivity index (χ1) is 16.7. The Labute approximate surface area is 209 Å². The van der Waals surface area contributed by atoms with Crippen LogP contribution in [0.4, 0.5) is 28.2 Å². The molecule has 5 heterocycles. The van der Waals surface area contributed by atoms with Crippen molar-refractivity contribution in [1.29, 1.82) is 0 Å². The van der Waals surface area contributed by atoms with Crippen molar-refractivity contribution in [3.8, 4) is 0 Å². The molecule has 8 nitrogen and oxygen atoms in total. The fraction of sp³-hybridized carbons (Fsp3) is 0.652. The minimum atomic E-state index is -4.29. The monoisotopic (exact) mass is 529 g/mol. The molecule has 0 aliphatic carbocycles. The second-order valence-electron chi connectivity index (χ2n) is 11.0. The van der Waals surface area contributed by atoms with Crippen molar-refractivity contribution >= 4 is 39.4 Å². The van der Waals surface area contributed by atoms with Gasteiger partial charge in [-0.15, -0.1) is 11.3 Å². The topological polar surface area (TPSA) is 78.9 Å². The van der Waals surface area contributed by atoms with E-state index < -0.39 is 36.5 Å². The predicted molar refractivity (Wildman–Crippen MR) is 125 cm³/mol. The van der Waals surface area contributed by atoms with Crippen molar-refractivity contribution in [2.24, 2.45) is 5.41 Å². The van der Waals surface area contributed by atoms with Crippen LogP contribution >= 0.6 is 11.3 Å². The second-order valence-corrected chi connectivity index (χ2v) is 12.1. The maximum Gasteiger partial charge on any atom is 0.411 e. The van der Waals surface area contributed by atoms with Gasteiger partial charge in [-0.1, -0.05) is 0 Å². The Morgan fingerprint density at radius 2 is 1.86 bits per heavy atom. The maximum absolute atomic E-state index is 14.2. The number of aromatic nitrogens is 2. The third kappa shape index (κ3) is 4.81. The summed E-state index contributed by atoms with van der Waals surface area (Å²) >= 11 is 1.01. The van der Waals surface area contributed by atoms with Crippen LogP contribution in [0.5, 0.6) is 0 Å². The number of carbonyl (C=O) groups is 2. The Hall–Kier alpha value is -2.70. The average Bonchev–Trinajstić information content (AvgIpc) is 3.26. The molecule has 1 spiro atoms. The minimum Gasteiger partial charge on any atom is -0.444 e. The molecule has 36 heavy (non-hydrogen) atoms. The summed E-state index contributed by atoms with van der Waals surface area (Å²) in [4.78, 5) is 39.6. The SMILES string of the molecule is CC(C)(C)OC(=O)N1C[C@@H](F)C[C@H]1C(=O)N1CC2(C1)CN(c1ncnc3sc(CC(F)(F)F)cc13)C2. The summed E-state index contributed by atoms with van der Waals surface area (Å²) in [5.41, 5.74) is -0.903. The lowest BCUT2D eigenvalue weighted by atomic mass is 9.72. The highest BCUT2D eigenvalue weighted by atomic mass is 32.1. The standard InChI is InChI=1S/C23H27F4N5O3S/c1-21(2,3)35-20(34)32-7-13(24)4-16(32)19(33)31-10-22(11-31)8-30(9-22)17-15-5-14(6-23(25,26)27)36-18(15)29-12-28-17/h5,12-13,16H,4,6-11H2,1-3H3/t13-,16-/m0/s1. The van der Waals surface area contributed by atoms with E-state index in [-0.39, 0.29) is 29.2 Å². The lowest BCUT2D eigenvalue weighted by Gasteiger charge is -2.61. The molecular formula is C23H27F4N5O3S. The largest absolute Gasteiger partial charge is 0.444 e. The minimum absolute atomic E-state index is 0.0506. The van der Waals surface area contributed by atoms with Gasteiger partial charge < -0.3 is 14.5 Å². The van der Waals surface area contributed by atoms with E-state index >= 15 is 0 Å². The highest BCUT2D eigenvalue weighted by Crippen LogP contribution is 2.44. The molecular weight excluding hydrogens is 502 g/mol. The van der Waals surface area contributed by atoms with Crippen LogP contribution in [0.15, 0.2) is 12.4 Å². The Morgan fingerprint density at radius 1 is 1.17 bits per heavy atom. The van der Waals surface area contributed by atoms with Gasteiger partial charge in [0, 0.05) is 42.9 Å². The first-order valence-electron chi connectivity index (χ1n) is 11.7. The highest BCUT2D eigenvalue weighted by Gasteiger charge is 2.56. The summed E-state index contributed by atoms with van der Waals surface area (Å²) in [6.07, 6.45) is -5.97. The lowest BCUT2D eigenvalue weighted by Crippen LogP contribution is -2.74. The number of amides is 2. The van der Waals surface area contributed by atoms with Gasteiger partial charge in [-0.05, 0) is 26.8 Å². The zero-order chi connectivity index (χ0) is 26.0. The van der Waals surface area contributed by atoms with Crippen molar-refractivity contribution in [2.75, 3.05) is 37.6 Å². The van der Waals surface area contributed by atoms with Gasteiger partial charge in [0.05, 0.1) is 18.4 Å². The lowest BCUT2D eigenvalue weighted by molar-refractivity contribution is -0.150. The number of likely N-dealkylation sites (tertiary alicyclic amines) is 2. The van der Waals surface area contributed by atoms with E-state index in [1.165, 1.54) is 17.3 Å². The van der Waals surface area contributed by atoms with E-state index in [0.717, 1.165) is 11.3 Å². The molecule has 0 bridgehead atoms. The molecule has 13 heteroatoms. The summed E-state index contributed by atoms with van der Waals surface area (Å²) < 4.78 is 58.0. The van der Waals surface area contributed by atoms with E-state index in [1.54, 1.807) is 25.7 Å². The molecule has 3 aliphatic heterocycles. The molecule has 2 aromatic rings. The fourth-order valence-corrected chi connectivity index (χ4v) is 6.24. The van der Waals surface area contributed by atoms with E-state index in [0.29, 0.717) is 42.2 Å². The number of rotatable bonds is 3. The quantitative estimate of drug-likeness (QED) is 0.563. The summed E-state index contributed by atoms with van der Waals surface area (Å²) in [6, 6.07) is 0.617. The van der Waals surface area contributed by atoms with Crippen LogP contribution in [0.25, 0.3) is 10.2 Å². The van der Waals surface area contributed by atoms with Crippen LogP contribution in [0.2, 0.25) is 0 Å². The number of halogens is 4. The van der Waals surface area contributed by atoms with Crippen molar-refractivity contribution in [1.82, 2.24) is 19.8 Å². The number of ether oxygens (including phenoxy) is 1. The molecule has 0 unspecified atom stereocenters. The second kappa shape index (κ2) is 8.42. The smallest absolute Gasteiger partial charge is 0.411 e. The molecule has 0 aromatic carbocycles. The van der Waals surface area contributed by atoms with Crippen molar-refractivity contribution in [3.05, 3.63) is 17.3 Å². The molecule has 0 radical (unpaired) electrons. The van der Waals surface area contributed by atoms with E-state index in [4.69, 9.17) is 4.74 Å². The van der Waals surface area contributed by atoms with Gasteiger partial charge >= 0.3 is 12.3 Å². The molecule has 196 valence electrons. The van der Waals surface area contributed by atoms with E-state index in [1.807, 2.05) is 4.90 Å². The third-order valence-electron chi connectivity index (χ3n) is 6.61. The molecule has 5 rings (SSSR count). The summed E-state index contributed by atoms with van der Waals surface area (Å²) in [5.74, 6) is 0.302. The van der Waals surface area contributed by atoms with Gasteiger partial charge in [-0.2, -0.15) is 13.2 Å². The Balaban J connectivity index is 1.21. The van der Waals surface area contributed by atoms with Gasteiger partial charge in [0.25, 0.3) is 0 Å². The number of hydrogen-bond acceptors (Lipinski definition) is 7. The number of thiophene rings is 1. The number of hydrogen-bond donors (Lipinski definition) is 0. The number of anilines is 1. The van der Waals surface area contributed by atoms with Crippen LogP contribution in [-0.4, -0.2) is 88.5 Å². The first-order valence-corrected chi connectivity index (χ1v) is 12.5. The molecule has 3 saturated heterocycles. The maximum atomic E-state index is 14.2. The molecule has 0 saturated carbocycles. The van der Waals surface area contributed by atoms with Crippen LogP contribution in [0.3, 0.4) is 0 Å². The van der Waals surface area contributed by atoms with Gasteiger partial charge in [-0.3, -0.25) is 9.69 Å². The highest BCUT2D eigenvalue weighted by molar-refractivity contribution is 7.18. The van der Waals surface area contributed by atoms with Gasteiger partial charge in [0.1, 0.15) is 34.8 Å². The number of carbonyl (C=O) groups excluding carboxylic acids is 2. The summed E-state index contributed by atoms with van der Waals surface area (Å²) in [5, 5.41) is 0.594. The van der Waals surface area contributed by atoms with Gasteiger partial charge in [0.15, 0.2) is 0 Å². The molecule has 3 aliphatic rings. The molecule has 2 atom stereocenters. The first kappa shape index (κ1) is 25.0. The zero-order valence-corrected chi connectivity index (χ0v) is 21.0. The molecule has 2 aromatic heterocycles. The summed E-state index contributed by atoms with van der Waals surface area (Å²) in [6.45, 7) is 7.10. The van der Waals surface area contributed by atoms with Crippen LogP contribution in [0.1, 0.15) is 32.1 Å². The van der Waals surface area contributed by atoms with Crippen molar-refractivity contribution < 1.29 is 31.9 Å². The zero-order valence-electron chi connectivity index (χ0n) is 20.1. The molecule has 0 N–H and O–H groups in total. The predicted octanol–water partition coefficient (Wildman–Crippen LogP) is 3.79. The van der Waals surface area contributed by atoms with Crippen LogP contribution in [-0.2, 0) is 16.0 Å². The van der Waals surface area contributed by atoms with Crippen molar-refractivity contribution in [2.45, 2.75) is 57.6 Å². The average molecular weight is 530 g/mol. The number of alkyl halides is 4. The summed E-state index contributed by atoms with van der Waals surface area (Å²) in [7, 11) is 0. The van der Waals surface area contributed by atoms with Crippen LogP contribution < -0.4 is 4.90 Å². The van der Waals surface area contributed by atoms with Crippen molar-refractivity contribution in [3.63, 3.8) is 0 Å². The molecule has 3 fully saturated rings. The Kier molecular flexibility index (Phi) is 5.84. The normalized spacial score (nSPS) is 23.7. The molecule has 2 amide bonds. The van der Waals surface area contributed by atoms with Crippen LogP contribution in [0, 0.1) is 5.41 Å². The van der Waals surface area contributed by atoms with E-state index in [9.17, 15) is 27.2 Å². The number of nitrogens with zero attached hydrogens (tertiary/aromatic N) is 5. The van der Waals surface area contributed by atoms with Gasteiger partial charge in [0.2, 0.25) is 5.91 Å². The van der Waals surface area contributed by atoms with E-state index in [2.05, 4.69) is 9.97 Å². The third-order valence-corrected chi connectivity index (χ3v) is 7.66. The fourth-order valence-electron chi connectivity index (χ4n) is 5.21. The van der Waals surface area contributed by atoms with Gasteiger partial charge in [-0.25, -0.2) is 19.2 Å². The number of fused-ring (bicyclic) bond motifs is 1. The Morgan fingerprint density at radius 3 is 2.50 bits per heavy atom. The Bertz CT molecular complexity index is 1180.